The fourth-order valence-electron chi connectivity index (χ4n) is 3.05. The molecule has 0 bridgehead atoms. The molecule has 6 heteroatoms. The van der Waals surface area contributed by atoms with Gasteiger partial charge in [0.05, 0.1) is 12.0 Å². The van der Waals surface area contributed by atoms with Crippen molar-refractivity contribution >= 4 is 11.9 Å². The van der Waals surface area contributed by atoms with E-state index in [0.29, 0.717) is 13.1 Å². The van der Waals surface area contributed by atoms with Crippen molar-refractivity contribution in [2.24, 2.45) is 5.92 Å². The molecule has 1 N–H and O–H groups in total. The van der Waals surface area contributed by atoms with Gasteiger partial charge in [0, 0.05) is 40.3 Å². The van der Waals surface area contributed by atoms with E-state index >= 15 is 0 Å². The third kappa shape index (κ3) is 3.42. The minimum atomic E-state index is -0.393. The molecule has 2 aliphatic heterocycles. The molecule has 2 heterocycles. The van der Waals surface area contributed by atoms with E-state index in [9.17, 15) is 14.7 Å². The number of likely N-dealkylation sites (tertiary alicyclic amines) is 2. The number of carbonyl (C=O) groups is 2. The van der Waals surface area contributed by atoms with E-state index in [1.54, 1.807) is 28.8 Å². The second-order valence-electron chi connectivity index (χ2n) is 6.04. The standard InChI is InChI=1S/C14H25N3O3/c1-15(2)14(20)17-8-3-5-11(9-17)13(19)16-7-4-6-12(18)10-16/h11-12,18H,3-10H2,1-2H3/t11?,12-/m0/s1. The summed E-state index contributed by atoms with van der Waals surface area (Å²) in [6.45, 7) is 2.40. The van der Waals surface area contributed by atoms with Crippen LogP contribution < -0.4 is 0 Å². The molecular weight excluding hydrogens is 258 g/mol. The van der Waals surface area contributed by atoms with Gasteiger partial charge in [-0.15, -0.1) is 0 Å². The van der Waals surface area contributed by atoms with E-state index in [-0.39, 0.29) is 17.9 Å². The molecule has 0 radical (unpaired) electrons. The first-order valence-electron chi connectivity index (χ1n) is 7.42. The average molecular weight is 283 g/mol. The number of urea groups is 1. The average Bonchev–Trinajstić information content (AvgIpc) is 2.45. The van der Waals surface area contributed by atoms with E-state index in [1.165, 1.54) is 0 Å². The highest BCUT2D eigenvalue weighted by molar-refractivity contribution is 5.81. The molecular formula is C14H25N3O3. The van der Waals surface area contributed by atoms with Crippen molar-refractivity contribution in [1.29, 1.82) is 0 Å². The Labute approximate surface area is 120 Å². The Balaban J connectivity index is 1.94. The van der Waals surface area contributed by atoms with Crippen LogP contribution in [0.3, 0.4) is 0 Å². The first kappa shape index (κ1) is 15.1. The van der Waals surface area contributed by atoms with Gasteiger partial charge in [-0.3, -0.25) is 4.79 Å². The van der Waals surface area contributed by atoms with Crippen LogP contribution in [0, 0.1) is 5.92 Å². The van der Waals surface area contributed by atoms with E-state index in [4.69, 9.17) is 0 Å². The van der Waals surface area contributed by atoms with E-state index in [2.05, 4.69) is 0 Å². The van der Waals surface area contributed by atoms with Crippen molar-refractivity contribution in [2.45, 2.75) is 31.8 Å². The minimum absolute atomic E-state index is 0.0267. The zero-order chi connectivity index (χ0) is 14.7. The van der Waals surface area contributed by atoms with Crippen LogP contribution in [-0.2, 0) is 4.79 Å². The number of hydrogen-bond acceptors (Lipinski definition) is 3. The number of carbonyl (C=O) groups excluding carboxylic acids is 2. The predicted octanol–water partition coefficient (Wildman–Crippen LogP) is 0.363. The summed E-state index contributed by atoms with van der Waals surface area (Å²) in [5.74, 6) is -0.0158. The summed E-state index contributed by atoms with van der Waals surface area (Å²) in [5.41, 5.74) is 0. The van der Waals surface area contributed by atoms with Crippen LogP contribution in [0.5, 0.6) is 0 Å². The lowest BCUT2D eigenvalue weighted by Crippen LogP contribution is -2.51. The van der Waals surface area contributed by atoms with Gasteiger partial charge in [-0.2, -0.15) is 0 Å². The summed E-state index contributed by atoms with van der Waals surface area (Å²) in [6, 6.07) is -0.0267. The van der Waals surface area contributed by atoms with Gasteiger partial charge >= 0.3 is 6.03 Å². The molecule has 20 heavy (non-hydrogen) atoms. The molecule has 0 aromatic carbocycles. The molecule has 0 aromatic rings. The van der Waals surface area contributed by atoms with Crippen molar-refractivity contribution < 1.29 is 14.7 Å². The van der Waals surface area contributed by atoms with E-state index in [0.717, 1.165) is 38.8 Å². The molecule has 2 fully saturated rings. The summed E-state index contributed by atoms with van der Waals surface area (Å²) in [7, 11) is 3.46. The fourth-order valence-corrected chi connectivity index (χ4v) is 3.05. The molecule has 2 aliphatic rings. The number of hydrogen-bond donors (Lipinski definition) is 1. The van der Waals surface area contributed by atoms with Crippen molar-refractivity contribution in [3.63, 3.8) is 0 Å². The normalized spacial score (nSPS) is 27.4. The van der Waals surface area contributed by atoms with E-state index in [1.807, 2.05) is 0 Å². The number of piperidine rings is 2. The molecule has 114 valence electrons. The van der Waals surface area contributed by atoms with Crippen LogP contribution in [0.1, 0.15) is 25.7 Å². The van der Waals surface area contributed by atoms with Crippen molar-refractivity contribution in [3.8, 4) is 0 Å². The van der Waals surface area contributed by atoms with Crippen molar-refractivity contribution in [3.05, 3.63) is 0 Å². The lowest BCUT2D eigenvalue weighted by atomic mass is 9.95. The lowest BCUT2D eigenvalue weighted by Gasteiger charge is -2.38. The third-order valence-corrected chi connectivity index (χ3v) is 4.13. The van der Waals surface area contributed by atoms with Crippen molar-refractivity contribution in [2.75, 3.05) is 40.3 Å². The molecule has 2 rings (SSSR count). The molecule has 0 aliphatic carbocycles. The maximum atomic E-state index is 12.5. The first-order valence-corrected chi connectivity index (χ1v) is 7.42. The quantitative estimate of drug-likeness (QED) is 0.756. The number of amides is 3. The van der Waals surface area contributed by atoms with Crippen LogP contribution in [0.15, 0.2) is 0 Å². The summed E-state index contributed by atoms with van der Waals surface area (Å²) in [5, 5.41) is 9.67. The minimum Gasteiger partial charge on any atom is -0.391 e. The zero-order valence-electron chi connectivity index (χ0n) is 12.4. The Morgan fingerprint density at radius 2 is 1.70 bits per heavy atom. The van der Waals surface area contributed by atoms with Crippen molar-refractivity contribution in [1.82, 2.24) is 14.7 Å². The number of aliphatic hydroxyl groups is 1. The Hall–Kier alpha value is -1.30. The number of aliphatic hydroxyl groups excluding tert-OH is 1. The topological polar surface area (TPSA) is 64.1 Å². The summed E-state index contributed by atoms with van der Waals surface area (Å²) in [6.07, 6.45) is 2.95. The summed E-state index contributed by atoms with van der Waals surface area (Å²) >= 11 is 0. The van der Waals surface area contributed by atoms with Gasteiger partial charge in [0.15, 0.2) is 0 Å². The van der Waals surface area contributed by atoms with Gasteiger partial charge in [0.25, 0.3) is 0 Å². The predicted molar refractivity (Wildman–Crippen MR) is 75.2 cm³/mol. The maximum absolute atomic E-state index is 12.5. The maximum Gasteiger partial charge on any atom is 0.319 e. The highest BCUT2D eigenvalue weighted by Crippen LogP contribution is 2.21. The smallest absolute Gasteiger partial charge is 0.319 e. The zero-order valence-corrected chi connectivity index (χ0v) is 12.4. The van der Waals surface area contributed by atoms with Gasteiger partial charge in [-0.25, -0.2) is 4.79 Å². The molecule has 0 aromatic heterocycles. The monoisotopic (exact) mass is 283 g/mol. The largest absolute Gasteiger partial charge is 0.391 e. The highest BCUT2D eigenvalue weighted by Gasteiger charge is 2.33. The molecule has 3 amide bonds. The number of rotatable bonds is 1. The molecule has 0 saturated carbocycles. The second-order valence-corrected chi connectivity index (χ2v) is 6.04. The SMILES string of the molecule is CN(C)C(=O)N1CCCC(C(=O)N2CCC[C@H](O)C2)C1. The lowest BCUT2D eigenvalue weighted by molar-refractivity contribution is -0.140. The Morgan fingerprint density at radius 1 is 1.05 bits per heavy atom. The number of β-amino-alcohol motifs (C(OH)–C–C–N with tert-alkyl or cyclic N) is 1. The van der Waals surface area contributed by atoms with Gasteiger partial charge in [-0.05, 0) is 25.7 Å². The van der Waals surface area contributed by atoms with Gasteiger partial charge in [0.2, 0.25) is 5.91 Å². The van der Waals surface area contributed by atoms with Crippen LogP contribution in [0.25, 0.3) is 0 Å². The Bertz CT molecular complexity index is 373. The second kappa shape index (κ2) is 6.43. The van der Waals surface area contributed by atoms with E-state index < -0.39 is 6.10 Å². The summed E-state index contributed by atoms with van der Waals surface area (Å²) < 4.78 is 0. The first-order chi connectivity index (χ1) is 9.49. The Kier molecular flexibility index (Phi) is 4.86. The highest BCUT2D eigenvalue weighted by atomic mass is 16.3. The van der Waals surface area contributed by atoms with Crippen LogP contribution in [0.2, 0.25) is 0 Å². The van der Waals surface area contributed by atoms with Crippen LogP contribution in [0.4, 0.5) is 4.79 Å². The third-order valence-electron chi connectivity index (χ3n) is 4.13. The number of nitrogens with zero attached hydrogens (tertiary/aromatic N) is 3. The van der Waals surface area contributed by atoms with Gasteiger partial charge in [0.1, 0.15) is 0 Å². The molecule has 2 saturated heterocycles. The molecule has 0 spiro atoms. The van der Waals surface area contributed by atoms with Crippen LogP contribution in [-0.4, -0.2) is 78.1 Å². The fraction of sp³-hybridized carbons (Fsp3) is 0.857. The summed E-state index contributed by atoms with van der Waals surface area (Å²) in [4.78, 5) is 29.6. The van der Waals surface area contributed by atoms with Gasteiger partial charge in [-0.1, -0.05) is 0 Å². The molecule has 2 atom stereocenters. The molecule has 1 unspecified atom stereocenters. The Morgan fingerprint density at radius 3 is 2.35 bits per heavy atom. The molecule has 6 nitrogen and oxygen atoms in total. The van der Waals surface area contributed by atoms with Crippen LogP contribution >= 0.6 is 0 Å². The van der Waals surface area contributed by atoms with Gasteiger partial charge < -0.3 is 19.8 Å².